The van der Waals surface area contributed by atoms with Gasteiger partial charge in [0.1, 0.15) is 0 Å². The van der Waals surface area contributed by atoms with Crippen molar-refractivity contribution in [3.05, 3.63) is 44.3 Å². The Balaban J connectivity index is 2.33. The number of H-pyrrole nitrogens is 1. The summed E-state index contributed by atoms with van der Waals surface area (Å²) in [7, 11) is 0. The lowest BCUT2D eigenvalue weighted by molar-refractivity contribution is 0.879. The first kappa shape index (κ1) is 10.5. The molecule has 0 radical (unpaired) electrons. The minimum absolute atomic E-state index is 0.157. The zero-order chi connectivity index (χ0) is 12.0. The van der Waals surface area contributed by atoms with Crippen molar-refractivity contribution in [2.75, 3.05) is 5.73 Å². The number of aromatic amines is 1. The van der Waals surface area contributed by atoms with E-state index in [-0.39, 0.29) is 11.5 Å². The van der Waals surface area contributed by atoms with Gasteiger partial charge in [-0.25, -0.2) is 4.98 Å². The molecule has 0 fully saturated rings. The normalized spacial score (nSPS) is 13.0. The molecule has 0 atom stereocenters. The number of halogens is 1. The van der Waals surface area contributed by atoms with Crippen molar-refractivity contribution in [2.24, 2.45) is 0 Å². The van der Waals surface area contributed by atoms with E-state index in [2.05, 4.69) is 25.9 Å². The van der Waals surface area contributed by atoms with E-state index in [0.717, 1.165) is 28.6 Å². The van der Waals surface area contributed by atoms with Crippen LogP contribution in [0, 0.1) is 0 Å². The summed E-state index contributed by atoms with van der Waals surface area (Å²) < 4.78 is 1.03. The lowest BCUT2D eigenvalue weighted by atomic mass is 9.89. The summed E-state index contributed by atoms with van der Waals surface area (Å²) in [5.74, 6) is 0.189. The predicted octanol–water partition coefficient (Wildman–Crippen LogP) is 1.88. The first-order chi connectivity index (χ1) is 8.15. The number of rotatable bonds is 0. The molecule has 1 aliphatic carbocycles. The van der Waals surface area contributed by atoms with Gasteiger partial charge >= 0.3 is 0 Å². The summed E-state index contributed by atoms with van der Waals surface area (Å²) in [6.07, 6.45) is 1.64. The molecule has 3 rings (SSSR count). The lowest BCUT2D eigenvalue weighted by Gasteiger charge is -2.18. The molecule has 0 spiro atoms. The number of fused-ring (bicyclic) bond motifs is 3. The highest BCUT2D eigenvalue weighted by atomic mass is 79.9. The fourth-order valence-electron chi connectivity index (χ4n) is 2.26. The summed E-state index contributed by atoms with van der Waals surface area (Å²) in [6.45, 7) is 0. The van der Waals surface area contributed by atoms with Gasteiger partial charge in [-0.3, -0.25) is 9.78 Å². The maximum atomic E-state index is 11.9. The fourth-order valence-corrected chi connectivity index (χ4v) is 2.67. The van der Waals surface area contributed by atoms with Crippen molar-refractivity contribution in [1.29, 1.82) is 0 Å². The molecule has 0 unspecified atom stereocenters. The Bertz CT molecular complexity index is 663. The minimum atomic E-state index is -0.157. The van der Waals surface area contributed by atoms with Gasteiger partial charge in [0, 0.05) is 4.47 Å². The van der Waals surface area contributed by atoms with Crippen molar-refractivity contribution in [3.8, 4) is 11.1 Å². The van der Waals surface area contributed by atoms with Crippen molar-refractivity contribution in [1.82, 2.24) is 9.97 Å². The van der Waals surface area contributed by atoms with Crippen LogP contribution in [0.5, 0.6) is 0 Å². The van der Waals surface area contributed by atoms with Crippen LogP contribution in [0.4, 0.5) is 5.95 Å². The Morgan fingerprint density at radius 2 is 2.18 bits per heavy atom. The van der Waals surface area contributed by atoms with Crippen molar-refractivity contribution in [3.63, 3.8) is 0 Å². The summed E-state index contributed by atoms with van der Waals surface area (Å²) in [4.78, 5) is 18.7. The van der Waals surface area contributed by atoms with Crippen LogP contribution in [-0.2, 0) is 12.8 Å². The third kappa shape index (κ3) is 1.67. The van der Waals surface area contributed by atoms with Crippen molar-refractivity contribution >= 4 is 21.9 Å². The van der Waals surface area contributed by atoms with Crippen LogP contribution in [0.25, 0.3) is 11.1 Å². The smallest absolute Gasteiger partial charge is 0.260 e. The maximum Gasteiger partial charge on any atom is 0.260 e. The highest BCUT2D eigenvalue weighted by Crippen LogP contribution is 2.31. The van der Waals surface area contributed by atoms with Gasteiger partial charge in [-0.05, 0) is 36.1 Å². The number of aromatic nitrogens is 2. The van der Waals surface area contributed by atoms with Gasteiger partial charge in [-0.2, -0.15) is 0 Å². The lowest BCUT2D eigenvalue weighted by Crippen LogP contribution is -2.20. The average Bonchev–Trinajstić information content (AvgIpc) is 2.28. The molecular weight excluding hydrogens is 282 g/mol. The second kappa shape index (κ2) is 3.70. The van der Waals surface area contributed by atoms with E-state index >= 15 is 0 Å². The molecule has 86 valence electrons. The number of nitrogens with two attached hydrogens (primary N) is 1. The highest BCUT2D eigenvalue weighted by Gasteiger charge is 2.20. The molecule has 1 aromatic heterocycles. The molecular formula is C12H10BrN3O. The van der Waals surface area contributed by atoms with Gasteiger partial charge in [0.05, 0.1) is 11.3 Å². The SMILES string of the molecule is Nc1nc2c(c(=O)[nH]1)-c1ccc(Br)cc1CC2. The molecule has 0 aliphatic heterocycles. The molecule has 1 aromatic carbocycles. The Morgan fingerprint density at radius 1 is 1.35 bits per heavy atom. The average molecular weight is 292 g/mol. The van der Waals surface area contributed by atoms with Gasteiger partial charge in [-0.1, -0.05) is 22.0 Å². The second-order valence-corrected chi connectivity index (χ2v) is 4.99. The predicted molar refractivity (Wildman–Crippen MR) is 69.8 cm³/mol. The molecule has 1 aliphatic rings. The second-order valence-electron chi connectivity index (χ2n) is 4.07. The molecule has 17 heavy (non-hydrogen) atoms. The minimum Gasteiger partial charge on any atom is -0.369 e. The number of nitrogens with one attached hydrogen (secondary N) is 1. The summed E-state index contributed by atoms with van der Waals surface area (Å²) >= 11 is 3.44. The number of hydrogen-bond acceptors (Lipinski definition) is 3. The van der Waals surface area contributed by atoms with Gasteiger partial charge in [0.2, 0.25) is 5.95 Å². The first-order valence-corrected chi connectivity index (χ1v) is 6.12. The number of hydrogen-bond donors (Lipinski definition) is 2. The molecule has 3 N–H and O–H groups in total. The van der Waals surface area contributed by atoms with Crippen LogP contribution < -0.4 is 11.3 Å². The Kier molecular flexibility index (Phi) is 2.29. The number of nitrogens with zero attached hydrogens (tertiary/aromatic N) is 1. The maximum absolute atomic E-state index is 11.9. The fraction of sp³-hybridized carbons (Fsp3) is 0.167. The number of benzene rings is 1. The summed E-state index contributed by atoms with van der Waals surface area (Å²) in [5, 5.41) is 0. The third-order valence-electron chi connectivity index (χ3n) is 2.98. The number of anilines is 1. The van der Waals surface area contributed by atoms with E-state index in [1.807, 2.05) is 18.2 Å². The van der Waals surface area contributed by atoms with E-state index < -0.39 is 0 Å². The first-order valence-electron chi connectivity index (χ1n) is 5.32. The number of nitrogen functional groups attached to an aromatic ring is 1. The topological polar surface area (TPSA) is 71.8 Å². The Hall–Kier alpha value is -1.62. The summed E-state index contributed by atoms with van der Waals surface area (Å²) in [6, 6.07) is 5.93. The zero-order valence-electron chi connectivity index (χ0n) is 8.96. The van der Waals surface area contributed by atoms with Gasteiger partial charge in [0.15, 0.2) is 0 Å². The standard InChI is InChI=1S/C12H10BrN3O/c13-7-2-3-8-6(5-7)1-4-9-10(8)11(17)16-12(14)15-9/h2-3,5H,1,4H2,(H3,14,15,16,17). The van der Waals surface area contributed by atoms with Gasteiger partial charge < -0.3 is 5.73 Å². The third-order valence-corrected chi connectivity index (χ3v) is 3.47. The molecule has 1 heterocycles. The van der Waals surface area contributed by atoms with Crippen LogP contribution in [-0.4, -0.2) is 9.97 Å². The van der Waals surface area contributed by atoms with E-state index in [1.54, 1.807) is 0 Å². The quantitative estimate of drug-likeness (QED) is 0.778. The monoisotopic (exact) mass is 291 g/mol. The molecule has 4 nitrogen and oxygen atoms in total. The van der Waals surface area contributed by atoms with E-state index in [1.165, 1.54) is 5.56 Å². The molecule has 2 aromatic rings. The Labute approximate surface area is 106 Å². The Morgan fingerprint density at radius 3 is 3.00 bits per heavy atom. The van der Waals surface area contributed by atoms with E-state index in [9.17, 15) is 4.79 Å². The highest BCUT2D eigenvalue weighted by molar-refractivity contribution is 9.10. The largest absolute Gasteiger partial charge is 0.369 e. The molecule has 5 heteroatoms. The van der Waals surface area contributed by atoms with E-state index in [4.69, 9.17) is 5.73 Å². The van der Waals surface area contributed by atoms with Crippen LogP contribution in [0.1, 0.15) is 11.3 Å². The van der Waals surface area contributed by atoms with Crippen LogP contribution in [0.2, 0.25) is 0 Å². The van der Waals surface area contributed by atoms with Gasteiger partial charge in [-0.15, -0.1) is 0 Å². The van der Waals surface area contributed by atoms with Crippen molar-refractivity contribution in [2.45, 2.75) is 12.8 Å². The molecule has 0 bridgehead atoms. The molecule has 0 saturated heterocycles. The molecule has 0 amide bonds. The van der Waals surface area contributed by atoms with Crippen LogP contribution >= 0.6 is 15.9 Å². The van der Waals surface area contributed by atoms with Gasteiger partial charge in [0.25, 0.3) is 5.56 Å². The zero-order valence-corrected chi connectivity index (χ0v) is 10.5. The van der Waals surface area contributed by atoms with E-state index in [0.29, 0.717) is 5.56 Å². The summed E-state index contributed by atoms with van der Waals surface area (Å²) in [5.41, 5.74) is 8.98. The van der Waals surface area contributed by atoms with Crippen molar-refractivity contribution < 1.29 is 0 Å². The van der Waals surface area contributed by atoms with Crippen LogP contribution in [0.3, 0.4) is 0 Å². The van der Waals surface area contributed by atoms with Crippen LogP contribution in [0.15, 0.2) is 27.5 Å². The number of aryl methyl sites for hydroxylation is 2. The molecule has 0 saturated carbocycles.